The summed E-state index contributed by atoms with van der Waals surface area (Å²) in [4.78, 5) is 0. The minimum Gasteiger partial charge on any atom is -0.496 e. The van der Waals surface area contributed by atoms with Gasteiger partial charge in [-0.15, -0.1) is 0 Å². The van der Waals surface area contributed by atoms with Crippen LogP contribution < -0.4 is 9.47 Å². The Labute approximate surface area is 181 Å². The van der Waals surface area contributed by atoms with Gasteiger partial charge >= 0.3 is 0 Å². The van der Waals surface area contributed by atoms with Gasteiger partial charge in [-0.3, -0.25) is 0 Å². The van der Waals surface area contributed by atoms with Gasteiger partial charge in [-0.2, -0.15) is 0 Å². The van der Waals surface area contributed by atoms with E-state index >= 15 is 0 Å². The molecule has 142 valence electrons. The average molecular weight is 500 g/mol. The molecule has 4 aromatic rings. The topological polar surface area (TPSA) is 18.5 Å². The first-order valence-electron chi connectivity index (χ1n) is 9.03. The fraction of sp³-hybridized carbons (Fsp3) is 0.167. The van der Waals surface area contributed by atoms with Crippen LogP contribution in [0.4, 0.5) is 0 Å². The van der Waals surface area contributed by atoms with Crippen molar-refractivity contribution in [2.45, 2.75) is 10.7 Å². The number of hydrogen-bond donors (Lipinski definition) is 0. The van der Waals surface area contributed by atoms with Crippen LogP contribution in [-0.4, -0.2) is 14.2 Å². The summed E-state index contributed by atoms with van der Waals surface area (Å²) < 4.78 is 11.6. The molecule has 2 nitrogen and oxygen atoms in total. The van der Waals surface area contributed by atoms with E-state index in [4.69, 9.17) is 9.47 Å². The van der Waals surface area contributed by atoms with E-state index in [1.54, 1.807) is 14.2 Å². The van der Waals surface area contributed by atoms with E-state index in [0.29, 0.717) is 10.7 Å². The minimum atomic E-state index is 0.698. The molecule has 0 fully saturated rings. The van der Waals surface area contributed by atoms with Gasteiger partial charge in [0, 0.05) is 21.8 Å². The van der Waals surface area contributed by atoms with Crippen LogP contribution in [0.1, 0.15) is 11.1 Å². The van der Waals surface area contributed by atoms with Crippen molar-refractivity contribution in [3.05, 3.63) is 71.8 Å². The highest BCUT2D eigenvalue weighted by molar-refractivity contribution is 9.08. The molecule has 0 spiro atoms. The molecule has 4 heteroatoms. The lowest BCUT2D eigenvalue weighted by atomic mass is 9.87. The first-order valence-corrected chi connectivity index (χ1v) is 11.3. The quantitative estimate of drug-likeness (QED) is 0.265. The molecule has 0 atom stereocenters. The van der Waals surface area contributed by atoms with Gasteiger partial charge in [-0.05, 0) is 44.8 Å². The van der Waals surface area contributed by atoms with Crippen LogP contribution in [-0.2, 0) is 10.7 Å². The molecular formula is C24H20Br2O2. The Morgan fingerprint density at radius 3 is 1.39 bits per heavy atom. The molecule has 0 unspecified atom stereocenters. The lowest BCUT2D eigenvalue weighted by Gasteiger charge is -2.21. The molecule has 0 radical (unpaired) electrons. The maximum Gasteiger partial charge on any atom is 0.124 e. The van der Waals surface area contributed by atoms with Crippen molar-refractivity contribution < 1.29 is 9.47 Å². The highest BCUT2D eigenvalue weighted by Gasteiger charge is 2.22. The summed E-state index contributed by atoms with van der Waals surface area (Å²) in [5.74, 6) is 1.77. The van der Waals surface area contributed by atoms with Crippen LogP contribution >= 0.6 is 31.9 Å². The van der Waals surface area contributed by atoms with Crippen molar-refractivity contribution in [2.24, 2.45) is 0 Å². The second-order valence-electron chi connectivity index (χ2n) is 6.57. The number of fused-ring (bicyclic) bond motifs is 2. The van der Waals surface area contributed by atoms with Gasteiger partial charge in [0.2, 0.25) is 0 Å². The molecule has 0 amide bonds. The van der Waals surface area contributed by atoms with E-state index in [1.807, 2.05) is 0 Å². The first kappa shape index (κ1) is 19.3. The van der Waals surface area contributed by atoms with Crippen molar-refractivity contribution in [3.63, 3.8) is 0 Å². The molecule has 0 heterocycles. The largest absolute Gasteiger partial charge is 0.496 e. The predicted octanol–water partition coefficient (Wildman–Crippen LogP) is 7.47. The van der Waals surface area contributed by atoms with Gasteiger partial charge in [0.1, 0.15) is 11.5 Å². The van der Waals surface area contributed by atoms with Crippen LogP contribution in [0, 0.1) is 0 Å². The Kier molecular flexibility index (Phi) is 5.61. The number of halogens is 2. The molecule has 28 heavy (non-hydrogen) atoms. The molecule has 0 aliphatic carbocycles. The molecule has 0 aromatic heterocycles. The summed E-state index contributed by atoms with van der Waals surface area (Å²) in [5.41, 5.74) is 4.66. The van der Waals surface area contributed by atoms with Crippen LogP contribution in [0.5, 0.6) is 11.5 Å². The normalized spacial score (nSPS) is 11.1. The van der Waals surface area contributed by atoms with Gasteiger partial charge in [0.15, 0.2) is 0 Å². The van der Waals surface area contributed by atoms with Gasteiger partial charge < -0.3 is 9.47 Å². The third-order valence-electron chi connectivity index (χ3n) is 5.19. The highest BCUT2D eigenvalue weighted by atomic mass is 79.9. The van der Waals surface area contributed by atoms with E-state index in [1.165, 1.54) is 21.9 Å². The van der Waals surface area contributed by atoms with Crippen LogP contribution in [0.3, 0.4) is 0 Å². The van der Waals surface area contributed by atoms with E-state index in [2.05, 4.69) is 92.5 Å². The fourth-order valence-corrected chi connectivity index (χ4v) is 5.04. The summed E-state index contributed by atoms with van der Waals surface area (Å²) >= 11 is 7.41. The molecule has 0 bridgehead atoms. The molecule has 0 aliphatic heterocycles. The van der Waals surface area contributed by atoms with Gasteiger partial charge in [0.25, 0.3) is 0 Å². The fourth-order valence-electron chi connectivity index (χ4n) is 3.93. The van der Waals surface area contributed by atoms with Crippen molar-refractivity contribution in [1.29, 1.82) is 0 Å². The Hall–Kier alpha value is -2.04. The summed E-state index contributed by atoms with van der Waals surface area (Å²) in [5, 5.41) is 6.13. The smallest absolute Gasteiger partial charge is 0.124 e. The average Bonchev–Trinajstić information content (AvgIpc) is 2.76. The van der Waals surface area contributed by atoms with Crippen molar-refractivity contribution in [2.75, 3.05) is 14.2 Å². The molecule has 0 aliphatic rings. The predicted molar refractivity (Wildman–Crippen MR) is 125 cm³/mol. The Balaban J connectivity index is 2.27. The number of ether oxygens (including phenoxy) is 2. The first-order chi connectivity index (χ1) is 13.7. The van der Waals surface area contributed by atoms with E-state index in [-0.39, 0.29) is 0 Å². The Morgan fingerprint density at radius 1 is 0.643 bits per heavy atom. The minimum absolute atomic E-state index is 0.698. The van der Waals surface area contributed by atoms with Gasteiger partial charge in [0.05, 0.1) is 14.2 Å². The lowest BCUT2D eigenvalue weighted by Crippen LogP contribution is -2.00. The lowest BCUT2D eigenvalue weighted by molar-refractivity contribution is 0.411. The van der Waals surface area contributed by atoms with Crippen molar-refractivity contribution in [3.8, 4) is 22.6 Å². The van der Waals surface area contributed by atoms with Gasteiger partial charge in [-0.1, -0.05) is 80.4 Å². The molecule has 4 rings (SSSR count). The third kappa shape index (κ3) is 3.09. The summed E-state index contributed by atoms with van der Waals surface area (Å²) in [6, 6.07) is 21.2. The summed E-state index contributed by atoms with van der Waals surface area (Å²) in [7, 11) is 3.46. The standard InChI is InChI=1S/C24H20Br2O2/c1-27-21-11-15-7-3-5-9-17(15)23(19(21)13-25)24-18-10-6-4-8-16(18)12-22(28-2)20(24)14-26/h3-12H,13-14H2,1-2H3. The molecular weight excluding hydrogens is 480 g/mol. The molecule has 4 aromatic carbocycles. The molecule has 0 saturated heterocycles. The van der Waals surface area contributed by atoms with Crippen LogP contribution in [0.2, 0.25) is 0 Å². The highest BCUT2D eigenvalue weighted by Crippen LogP contribution is 2.46. The number of benzene rings is 4. The number of rotatable bonds is 5. The Bertz CT molecular complexity index is 1080. The SMILES string of the molecule is COc1cc2ccccc2c(-c2c(CBr)c(OC)cc3ccccc23)c1CBr. The maximum atomic E-state index is 5.78. The summed E-state index contributed by atoms with van der Waals surface area (Å²) in [6.07, 6.45) is 0. The Morgan fingerprint density at radius 2 is 1.04 bits per heavy atom. The summed E-state index contributed by atoms with van der Waals surface area (Å²) in [6.45, 7) is 0. The third-order valence-corrected chi connectivity index (χ3v) is 6.31. The van der Waals surface area contributed by atoms with Crippen LogP contribution in [0.15, 0.2) is 60.7 Å². The number of methoxy groups -OCH3 is 2. The second-order valence-corrected chi connectivity index (χ2v) is 7.70. The van der Waals surface area contributed by atoms with Crippen molar-refractivity contribution in [1.82, 2.24) is 0 Å². The molecule has 0 saturated carbocycles. The zero-order valence-electron chi connectivity index (χ0n) is 15.8. The second kappa shape index (κ2) is 8.14. The number of alkyl halides is 2. The zero-order chi connectivity index (χ0) is 19.7. The van der Waals surface area contributed by atoms with Crippen LogP contribution in [0.25, 0.3) is 32.7 Å². The van der Waals surface area contributed by atoms with Gasteiger partial charge in [-0.25, -0.2) is 0 Å². The zero-order valence-corrected chi connectivity index (χ0v) is 18.9. The van der Waals surface area contributed by atoms with E-state index < -0.39 is 0 Å². The molecule has 0 N–H and O–H groups in total. The van der Waals surface area contributed by atoms with E-state index in [9.17, 15) is 0 Å². The van der Waals surface area contributed by atoms with Crippen molar-refractivity contribution >= 4 is 53.4 Å². The maximum absolute atomic E-state index is 5.78. The monoisotopic (exact) mass is 498 g/mol. The number of hydrogen-bond acceptors (Lipinski definition) is 2. The van der Waals surface area contributed by atoms with E-state index in [0.717, 1.165) is 33.4 Å².